The zero-order valence-electron chi connectivity index (χ0n) is 28.6. The molecule has 10 aromatic rings. The van der Waals surface area contributed by atoms with Gasteiger partial charge in [-0.2, -0.15) is 0 Å². The molecular formula is C49H31N3O. The molecule has 0 bridgehead atoms. The van der Waals surface area contributed by atoms with Crippen LogP contribution in [0, 0.1) is 0 Å². The van der Waals surface area contributed by atoms with E-state index >= 15 is 0 Å². The first-order valence-electron chi connectivity index (χ1n) is 17.8. The van der Waals surface area contributed by atoms with Crippen molar-refractivity contribution in [2.45, 2.75) is 0 Å². The van der Waals surface area contributed by atoms with E-state index in [1.54, 1.807) is 0 Å². The number of hydrogen-bond acceptors (Lipinski definition) is 4. The van der Waals surface area contributed by atoms with Gasteiger partial charge in [-0.05, 0) is 62.9 Å². The van der Waals surface area contributed by atoms with E-state index in [1.807, 2.05) is 30.3 Å². The summed E-state index contributed by atoms with van der Waals surface area (Å²) in [6, 6.07) is 65.3. The molecule has 0 radical (unpaired) electrons. The molecule has 2 aromatic heterocycles. The Morgan fingerprint density at radius 3 is 1.68 bits per heavy atom. The topological polar surface area (TPSA) is 51.8 Å². The molecule has 0 N–H and O–H groups in total. The minimum Gasteiger partial charge on any atom is -0.456 e. The van der Waals surface area contributed by atoms with Crippen LogP contribution in [0.1, 0.15) is 0 Å². The lowest BCUT2D eigenvalue weighted by Gasteiger charge is -2.17. The largest absolute Gasteiger partial charge is 0.456 e. The van der Waals surface area contributed by atoms with Crippen LogP contribution in [0.25, 0.3) is 100 Å². The molecule has 0 spiro atoms. The highest BCUT2D eigenvalue weighted by Gasteiger charge is 2.20. The molecule has 8 aromatic carbocycles. The Morgan fingerprint density at radius 1 is 0.302 bits per heavy atom. The molecule has 0 saturated carbocycles. The van der Waals surface area contributed by atoms with Gasteiger partial charge in [-0.3, -0.25) is 0 Å². The fourth-order valence-electron chi connectivity index (χ4n) is 7.31. The molecule has 10 rings (SSSR count). The first-order chi connectivity index (χ1) is 26.2. The van der Waals surface area contributed by atoms with E-state index in [2.05, 4.69) is 158 Å². The third kappa shape index (κ3) is 5.63. The number of benzene rings is 8. The first kappa shape index (κ1) is 30.6. The Balaban J connectivity index is 1.20. The van der Waals surface area contributed by atoms with Crippen LogP contribution in [-0.2, 0) is 0 Å². The van der Waals surface area contributed by atoms with Crippen LogP contribution in [0.5, 0.6) is 0 Å². The molecular weight excluding hydrogens is 647 g/mol. The summed E-state index contributed by atoms with van der Waals surface area (Å²) in [6.45, 7) is 0. The minimum atomic E-state index is 0.578. The highest BCUT2D eigenvalue weighted by Crippen LogP contribution is 2.41. The smallest absolute Gasteiger partial charge is 0.164 e. The summed E-state index contributed by atoms with van der Waals surface area (Å²) in [5.74, 6) is 1.78. The monoisotopic (exact) mass is 677 g/mol. The van der Waals surface area contributed by atoms with Gasteiger partial charge in [0.1, 0.15) is 11.2 Å². The maximum absolute atomic E-state index is 6.31. The molecule has 0 amide bonds. The first-order valence-corrected chi connectivity index (χ1v) is 17.8. The highest BCUT2D eigenvalue weighted by molar-refractivity contribution is 6.06. The van der Waals surface area contributed by atoms with Gasteiger partial charge in [0, 0.05) is 33.0 Å². The van der Waals surface area contributed by atoms with Gasteiger partial charge in [0.25, 0.3) is 0 Å². The summed E-state index contributed by atoms with van der Waals surface area (Å²) in [6.07, 6.45) is 0. The highest BCUT2D eigenvalue weighted by atomic mass is 16.3. The van der Waals surface area contributed by atoms with Gasteiger partial charge in [-0.1, -0.05) is 164 Å². The molecule has 0 unspecified atom stereocenters. The molecule has 248 valence electrons. The number of hydrogen-bond donors (Lipinski definition) is 0. The Bertz CT molecular complexity index is 2930. The Hall–Kier alpha value is -7.17. The molecule has 53 heavy (non-hydrogen) atoms. The van der Waals surface area contributed by atoms with Gasteiger partial charge in [0.05, 0.1) is 0 Å². The van der Waals surface area contributed by atoms with E-state index in [9.17, 15) is 0 Å². The van der Waals surface area contributed by atoms with Gasteiger partial charge in [0.15, 0.2) is 17.5 Å². The zero-order valence-corrected chi connectivity index (χ0v) is 28.6. The third-order valence-electron chi connectivity index (χ3n) is 9.95. The summed E-state index contributed by atoms with van der Waals surface area (Å²) < 4.78 is 6.31. The Morgan fingerprint density at radius 2 is 0.868 bits per heavy atom. The summed E-state index contributed by atoms with van der Waals surface area (Å²) in [5, 5.41) is 4.51. The van der Waals surface area contributed by atoms with E-state index < -0.39 is 0 Å². The predicted octanol–water partition coefficient (Wildman–Crippen LogP) is 12.9. The van der Waals surface area contributed by atoms with Gasteiger partial charge >= 0.3 is 0 Å². The van der Waals surface area contributed by atoms with Crippen molar-refractivity contribution in [3.8, 4) is 67.5 Å². The lowest BCUT2D eigenvalue weighted by molar-refractivity contribution is 0.669. The number of fused-ring (bicyclic) bond motifs is 4. The van der Waals surface area contributed by atoms with Crippen LogP contribution in [-0.4, -0.2) is 15.0 Å². The molecule has 0 fully saturated rings. The summed E-state index contributed by atoms with van der Waals surface area (Å²) in [7, 11) is 0. The fourth-order valence-corrected chi connectivity index (χ4v) is 7.31. The second kappa shape index (κ2) is 12.9. The molecule has 4 heteroatoms. The second-order valence-electron chi connectivity index (χ2n) is 13.2. The van der Waals surface area contributed by atoms with Crippen molar-refractivity contribution in [2.75, 3.05) is 0 Å². The van der Waals surface area contributed by atoms with Crippen molar-refractivity contribution in [1.82, 2.24) is 15.0 Å². The third-order valence-corrected chi connectivity index (χ3v) is 9.95. The number of para-hydroxylation sites is 1. The molecule has 0 aliphatic rings. The lowest BCUT2D eigenvalue weighted by atomic mass is 9.89. The Kier molecular flexibility index (Phi) is 7.43. The van der Waals surface area contributed by atoms with E-state index in [-0.39, 0.29) is 0 Å². The number of nitrogens with zero attached hydrogens (tertiary/aromatic N) is 3. The maximum Gasteiger partial charge on any atom is 0.164 e. The van der Waals surface area contributed by atoms with Gasteiger partial charge < -0.3 is 4.42 Å². The number of aromatic nitrogens is 3. The molecule has 0 aliphatic carbocycles. The van der Waals surface area contributed by atoms with E-state index in [0.717, 1.165) is 72.0 Å². The number of rotatable bonds is 6. The van der Waals surface area contributed by atoms with E-state index in [0.29, 0.717) is 17.5 Å². The normalized spacial score (nSPS) is 11.4. The zero-order chi connectivity index (χ0) is 35.1. The van der Waals surface area contributed by atoms with Gasteiger partial charge in [-0.25, -0.2) is 15.0 Å². The SMILES string of the molecule is c1ccc(-c2ccc(-c3nc(-c4ccc5c(c4)oc4ccccc45)nc(-c4cccc(-c5ccccc5)c4-c4ccc5ccccc5c4)n3)cc2)cc1. The van der Waals surface area contributed by atoms with Crippen molar-refractivity contribution in [3.63, 3.8) is 0 Å². The van der Waals surface area contributed by atoms with Gasteiger partial charge in [-0.15, -0.1) is 0 Å². The lowest BCUT2D eigenvalue weighted by Crippen LogP contribution is -2.02. The maximum atomic E-state index is 6.31. The summed E-state index contributed by atoms with van der Waals surface area (Å²) >= 11 is 0. The number of furan rings is 1. The molecule has 0 saturated heterocycles. The van der Waals surface area contributed by atoms with Crippen LogP contribution in [0.2, 0.25) is 0 Å². The fraction of sp³-hybridized carbons (Fsp3) is 0. The average Bonchev–Trinajstić information content (AvgIpc) is 3.62. The Labute approximate surface area is 306 Å². The van der Waals surface area contributed by atoms with Crippen molar-refractivity contribution in [2.24, 2.45) is 0 Å². The molecule has 2 heterocycles. The van der Waals surface area contributed by atoms with Crippen LogP contribution in [0.4, 0.5) is 0 Å². The van der Waals surface area contributed by atoms with E-state index in [4.69, 9.17) is 19.4 Å². The van der Waals surface area contributed by atoms with Gasteiger partial charge in [0.2, 0.25) is 0 Å². The van der Waals surface area contributed by atoms with E-state index in [1.165, 1.54) is 10.8 Å². The molecule has 4 nitrogen and oxygen atoms in total. The van der Waals surface area contributed by atoms with Crippen LogP contribution in [0.3, 0.4) is 0 Å². The van der Waals surface area contributed by atoms with Crippen LogP contribution in [0.15, 0.2) is 192 Å². The summed E-state index contributed by atoms with van der Waals surface area (Å²) in [4.78, 5) is 15.6. The van der Waals surface area contributed by atoms with Crippen molar-refractivity contribution >= 4 is 32.7 Å². The molecule has 0 atom stereocenters. The minimum absolute atomic E-state index is 0.578. The van der Waals surface area contributed by atoms with Crippen LogP contribution < -0.4 is 0 Å². The van der Waals surface area contributed by atoms with Crippen LogP contribution >= 0.6 is 0 Å². The second-order valence-corrected chi connectivity index (χ2v) is 13.2. The molecule has 0 aliphatic heterocycles. The standard InChI is InChI=1S/C49H31N3O/c1-3-12-32(13-4-1)34-22-25-36(26-23-34)47-50-48(39-28-29-42-41-18-9-10-21-44(41)53-45(42)31-39)52-49(51-47)43-20-11-19-40(35-15-5-2-6-16-35)46(43)38-27-24-33-14-7-8-17-37(33)30-38/h1-31H. The van der Waals surface area contributed by atoms with Crippen molar-refractivity contribution in [3.05, 3.63) is 188 Å². The quantitative estimate of drug-likeness (QED) is 0.176. The summed E-state index contributed by atoms with van der Waals surface area (Å²) in [5.41, 5.74) is 11.0. The average molecular weight is 678 g/mol. The van der Waals surface area contributed by atoms with Crippen molar-refractivity contribution in [1.29, 1.82) is 0 Å². The predicted molar refractivity (Wildman–Crippen MR) is 217 cm³/mol. The van der Waals surface area contributed by atoms with Crippen molar-refractivity contribution < 1.29 is 4.42 Å².